The molecular weight excluding hydrogens is 232 g/mol. The predicted molar refractivity (Wildman–Crippen MR) is 83.1 cm³/mol. The average Bonchev–Trinajstić information content (AvgIpc) is 2.43. The van der Waals surface area contributed by atoms with Gasteiger partial charge >= 0.3 is 0 Å². The Labute approximate surface area is 116 Å². The summed E-state index contributed by atoms with van der Waals surface area (Å²) in [7, 11) is 1.99. The molecule has 0 aliphatic rings. The molecule has 0 aliphatic carbocycles. The Morgan fingerprint density at radius 3 is 2.42 bits per heavy atom. The summed E-state index contributed by atoms with van der Waals surface area (Å²) in [5.41, 5.74) is 7.81. The van der Waals surface area contributed by atoms with Crippen LogP contribution in [0.2, 0.25) is 0 Å². The number of hydrogen-bond donors (Lipinski definition) is 2. The van der Waals surface area contributed by atoms with Crippen molar-refractivity contribution in [3.05, 3.63) is 48.0 Å². The fraction of sp³-hybridized carbons (Fsp3) is 0.412. The van der Waals surface area contributed by atoms with Gasteiger partial charge < -0.3 is 11.1 Å². The van der Waals surface area contributed by atoms with Gasteiger partial charge in [0.05, 0.1) is 0 Å². The standard InChI is InChI=1S/C17H24N2/c1-12(2)16(11-19-3)17(18)15-10-6-8-13-7-4-5-9-14(13)15/h4-10,12,16-17,19H,11,18H2,1-3H3. The highest BCUT2D eigenvalue weighted by molar-refractivity contribution is 5.86. The number of hydrogen-bond acceptors (Lipinski definition) is 2. The molecule has 0 saturated heterocycles. The van der Waals surface area contributed by atoms with Gasteiger partial charge in [0, 0.05) is 6.04 Å². The van der Waals surface area contributed by atoms with E-state index in [1.807, 2.05) is 7.05 Å². The molecule has 2 nitrogen and oxygen atoms in total. The highest BCUT2D eigenvalue weighted by Crippen LogP contribution is 2.30. The van der Waals surface area contributed by atoms with Crippen LogP contribution in [0, 0.1) is 11.8 Å². The molecule has 2 aromatic rings. The summed E-state index contributed by atoms with van der Waals surface area (Å²) >= 11 is 0. The maximum Gasteiger partial charge on any atom is 0.0344 e. The van der Waals surface area contributed by atoms with Crippen molar-refractivity contribution in [2.24, 2.45) is 17.6 Å². The number of benzene rings is 2. The molecule has 0 radical (unpaired) electrons. The molecule has 0 aromatic heterocycles. The minimum Gasteiger partial charge on any atom is -0.324 e. The summed E-state index contributed by atoms with van der Waals surface area (Å²) in [6, 6.07) is 15.0. The van der Waals surface area contributed by atoms with E-state index in [2.05, 4.69) is 61.6 Å². The van der Waals surface area contributed by atoms with Crippen LogP contribution in [0.4, 0.5) is 0 Å². The molecule has 0 saturated carbocycles. The largest absolute Gasteiger partial charge is 0.324 e. The van der Waals surface area contributed by atoms with E-state index in [1.165, 1.54) is 16.3 Å². The van der Waals surface area contributed by atoms with Gasteiger partial charge in [0.25, 0.3) is 0 Å². The van der Waals surface area contributed by atoms with Crippen molar-refractivity contribution in [1.29, 1.82) is 0 Å². The zero-order valence-electron chi connectivity index (χ0n) is 12.1. The van der Waals surface area contributed by atoms with Crippen molar-refractivity contribution in [2.75, 3.05) is 13.6 Å². The Morgan fingerprint density at radius 1 is 1.05 bits per heavy atom. The van der Waals surface area contributed by atoms with Crippen LogP contribution >= 0.6 is 0 Å². The molecule has 2 heteroatoms. The SMILES string of the molecule is CNCC(C(C)C)C(N)c1cccc2ccccc12. The molecule has 0 fully saturated rings. The molecule has 2 atom stereocenters. The zero-order valence-corrected chi connectivity index (χ0v) is 12.1. The third-order valence-corrected chi connectivity index (χ3v) is 3.94. The number of nitrogens with one attached hydrogen (secondary N) is 1. The zero-order chi connectivity index (χ0) is 13.8. The van der Waals surface area contributed by atoms with Crippen LogP contribution in [0.5, 0.6) is 0 Å². The highest BCUT2D eigenvalue weighted by Gasteiger charge is 2.23. The first-order valence-corrected chi connectivity index (χ1v) is 7.03. The van der Waals surface area contributed by atoms with Crippen molar-refractivity contribution in [3.63, 3.8) is 0 Å². The van der Waals surface area contributed by atoms with Gasteiger partial charge in [0.1, 0.15) is 0 Å². The number of rotatable bonds is 5. The molecule has 19 heavy (non-hydrogen) atoms. The highest BCUT2D eigenvalue weighted by atomic mass is 14.8. The summed E-state index contributed by atoms with van der Waals surface area (Å²) in [6.45, 7) is 5.43. The molecule has 2 rings (SSSR count). The lowest BCUT2D eigenvalue weighted by atomic mass is 9.83. The van der Waals surface area contributed by atoms with Gasteiger partial charge in [-0.25, -0.2) is 0 Å². The summed E-state index contributed by atoms with van der Waals surface area (Å²) in [4.78, 5) is 0. The smallest absolute Gasteiger partial charge is 0.0344 e. The van der Waals surface area contributed by atoms with Crippen LogP contribution in [0.3, 0.4) is 0 Å². The van der Waals surface area contributed by atoms with Crippen LogP contribution in [-0.2, 0) is 0 Å². The second-order valence-electron chi connectivity index (χ2n) is 5.56. The minimum atomic E-state index is 0.0681. The summed E-state index contributed by atoms with van der Waals surface area (Å²) in [6.07, 6.45) is 0. The molecule has 0 spiro atoms. The molecule has 0 amide bonds. The quantitative estimate of drug-likeness (QED) is 0.861. The maximum atomic E-state index is 6.55. The molecule has 2 aromatic carbocycles. The Hall–Kier alpha value is -1.38. The molecule has 3 N–H and O–H groups in total. The lowest BCUT2D eigenvalue weighted by Gasteiger charge is -2.28. The molecular formula is C17H24N2. The van der Waals surface area contributed by atoms with Crippen molar-refractivity contribution in [2.45, 2.75) is 19.9 Å². The normalized spacial score (nSPS) is 14.8. The minimum absolute atomic E-state index is 0.0681. The lowest BCUT2D eigenvalue weighted by Crippen LogP contribution is -2.33. The first-order valence-electron chi connectivity index (χ1n) is 7.03. The number of fused-ring (bicyclic) bond motifs is 1. The fourth-order valence-electron chi connectivity index (χ4n) is 2.78. The number of nitrogens with two attached hydrogens (primary N) is 1. The van der Waals surface area contributed by atoms with Gasteiger partial charge in [-0.05, 0) is 41.8 Å². The van der Waals surface area contributed by atoms with Gasteiger partial charge in [-0.1, -0.05) is 56.3 Å². The average molecular weight is 256 g/mol. The lowest BCUT2D eigenvalue weighted by molar-refractivity contribution is 0.315. The van der Waals surface area contributed by atoms with E-state index >= 15 is 0 Å². The van der Waals surface area contributed by atoms with E-state index in [-0.39, 0.29) is 6.04 Å². The second-order valence-corrected chi connectivity index (χ2v) is 5.56. The Kier molecular flexibility index (Phi) is 4.56. The van der Waals surface area contributed by atoms with Crippen LogP contribution in [-0.4, -0.2) is 13.6 Å². The first kappa shape index (κ1) is 14.0. The third kappa shape index (κ3) is 2.96. The Balaban J connectivity index is 2.42. The molecule has 0 aliphatic heterocycles. The predicted octanol–water partition coefficient (Wildman–Crippen LogP) is 3.33. The van der Waals surface area contributed by atoms with E-state index in [0.717, 1.165) is 6.54 Å². The Bertz CT molecular complexity index is 528. The van der Waals surface area contributed by atoms with Gasteiger partial charge in [-0.15, -0.1) is 0 Å². The van der Waals surface area contributed by atoms with Crippen molar-refractivity contribution in [1.82, 2.24) is 5.32 Å². The van der Waals surface area contributed by atoms with E-state index in [1.54, 1.807) is 0 Å². The van der Waals surface area contributed by atoms with Crippen molar-refractivity contribution < 1.29 is 0 Å². The molecule has 0 bridgehead atoms. The Morgan fingerprint density at radius 2 is 1.74 bits per heavy atom. The van der Waals surface area contributed by atoms with Crippen LogP contribution in [0.25, 0.3) is 10.8 Å². The van der Waals surface area contributed by atoms with Gasteiger partial charge in [-0.3, -0.25) is 0 Å². The van der Waals surface area contributed by atoms with Crippen molar-refractivity contribution >= 4 is 10.8 Å². The first-order chi connectivity index (χ1) is 9.15. The van der Waals surface area contributed by atoms with Gasteiger partial charge in [0.2, 0.25) is 0 Å². The maximum absolute atomic E-state index is 6.55. The van der Waals surface area contributed by atoms with Crippen LogP contribution < -0.4 is 11.1 Å². The van der Waals surface area contributed by atoms with Crippen LogP contribution in [0.1, 0.15) is 25.5 Å². The fourth-order valence-corrected chi connectivity index (χ4v) is 2.78. The monoisotopic (exact) mass is 256 g/mol. The molecule has 2 unspecified atom stereocenters. The second kappa shape index (κ2) is 6.18. The summed E-state index contributed by atoms with van der Waals surface area (Å²) in [5.74, 6) is 0.997. The molecule has 0 heterocycles. The third-order valence-electron chi connectivity index (χ3n) is 3.94. The van der Waals surface area contributed by atoms with Gasteiger partial charge in [0.15, 0.2) is 0 Å². The molecule has 102 valence electrons. The van der Waals surface area contributed by atoms with Gasteiger partial charge in [-0.2, -0.15) is 0 Å². The summed E-state index contributed by atoms with van der Waals surface area (Å²) in [5, 5.41) is 5.81. The van der Waals surface area contributed by atoms with E-state index in [4.69, 9.17) is 5.73 Å². The summed E-state index contributed by atoms with van der Waals surface area (Å²) < 4.78 is 0. The van der Waals surface area contributed by atoms with Crippen LogP contribution in [0.15, 0.2) is 42.5 Å². The van der Waals surface area contributed by atoms with E-state index < -0.39 is 0 Å². The van der Waals surface area contributed by atoms with E-state index in [0.29, 0.717) is 11.8 Å². The topological polar surface area (TPSA) is 38.0 Å². The van der Waals surface area contributed by atoms with Crippen molar-refractivity contribution in [3.8, 4) is 0 Å². The van der Waals surface area contributed by atoms with E-state index in [9.17, 15) is 0 Å².